The van der Waals surface area contributed by atoms with Crippen molar-refractivity contribution in [3.05, 3.63) is 29.3 Å². The van der Waals surface area contributed by atoms with E-state index in [0.29, 0.717) is 6.42 Å². The molecule has 0 fully saturated rings. The van der Waals surface area contributed by atoms with Gasteiger partial charge in [-0.2, -0.15) is 0 Å². The zero-order valence-corrected chi connectivity index (χ0v) is 12.9. The highest BCUT2D eigenvalue weighted by molar-refractivity contribution is 7.89. The lowest BCUT2D eigenvalue weighted by Crippen LogP contribution is -2.27. The Labute approximate surface area is 123 Å². The molecule has 0 aliphatic carbocycles. The van der Waals surface area contributed by atoms with Crippen LogP contribution in [-0.4, -0.2) is 45.6 Å². The molecule has 0 unspecified atom stereocenters. The fraction of sp³-hybridized carbons (Fsp3) is 0.538. The fourth-order valence-electron chi connectivity index (χ4n) is 1.74. The average Bonchev–Trinajstić information content (AvgIpc) is 2.40. The van der Waals surface area contributed by atoms with E-state index in [4.69, 9.17) is 5.11 Å². The quantitative estimate of drug-likeness (QED) is 0.703. The molecule has 0 radical (unpaired) electrons. The zero-order chi connectivity index (χ0) is 16.0. The maximum Gasteiger partial charge on any atom is 0.243 e. The summed E-state index contributed by atoms with van der Waals surface area (Å²) in [6.45, 7) is 0.383. The van der Waals surface area contributed by atoms with Crippen molar-refractivity contribution >= 4 is 10.0 Å². The van der Waals surface area contributed by atoms with Crippen LogP contribution in [0.1, 0.15) is 18.4 Å². The van der Waals surface area contributed by atoms with Gasteiger partial charge in [-0.05, 0) is 51.2 Å². The van der Waals surface area contributed by atoms with Crippen LogP contribution in [0.2, 0.25) is 0 Å². The van der Waals surface area contributed by atoms with Crippen molar-refractivity contribution in [2.24, 2.45) is 0 Å². The molecule has 0 aliphatic heterocycles. The minimum atomic E-state index is -4.14. The van der Waals surface area contributed by atoms with Crippen molar-refractivity contribution in [1.82, 2.24) is 9.62 Å². The van der Waals surface area contributed by atoms with Crippen LogP contribution in [0.25, 0.3) is 0 Å². The van der Waals surface area contributed by atoms with Crippen LogP contribution in [0.3, 0.4) is 0 Å². The van der Waals surface area contributed by atoms with E-state index in [1.54, 1.807) is 0 Å². The van der Waals surface area contributed by atoms with Gasteiger partial charge in [-0.15, -0.1) is 0 Å². The molecule has 0 aromatic heterocycles. The minimum absolute atomic E-state index is 0.00174. The first kappa shape index (κ1) is 18.0. The number of aliphatic hydroxyl groups excluding tert-OH is 1. The summed E-state index contributed by atoms with van der Waals surface area (Å²) in [5, 5.41) is 8.93. The Bertz CT molecular complexity index is 577. The highest BCUT2D eigenvalue weighted by Crippen LogP contribution is 2.19. The van der Waals surface area contributed by atoms with E-state index in [0.717, 1.165) is 25.1 Å². The molecule has 1 aromatic carbocycles. The number of unbranched alkanes of at least 4 members (excludes halogenated alkanes) is 1. The fourth-order valence-corrected chi connectivity index (χ4v) is 2.95. The molecular formula is C13H20F2N2O3S. The van der Waals surface area contributed by atoms with Gasteiger partial charge in [0.2, 0.25) is 10.0 Å². The van der Waals surface area contributed by atoms with Crippen LogP contribution in [0.4, 0.5) is 8.78 Å². The highest BCUT2D eigenvalue weighted by Gasteiger charge is 2.22. The molecule has 8 heteroatoms. The summed E-state index contributed by atoms with van der Waals surface area (Å²) in [5.41, 5.74) is 0.00174. The lowest BCUT2D eigenvalue weighted by atomic mass is 10.2. The molecule has 0 saturated heterocycles. The minimum Gasteiger partial charge on any atom is -0.392 e. The normalized spacial score (nSPS) is 12.1. The third-order valence-corrected chi connectivity index (χ3v) is 4.31. The first-order chi connectivity index (χ1) is 9.77. The summed E-state index contributed by atoms with van der Waals surface area (Å²) in [5.74, 6) is -2.73. The van der Waals surface area contributed by atoms with Gasteiger partial charge < -0.3 is 10.0 Å². The van der Waals surface area contributed by atoms with Gasteiger partial charge in [0.05, 0.1) is 6.61 Å². The van der Waals surface area contributed by atoms with Crippen LogP contribution in [0.15, 0.2) is 17.0 Å². The van der Waals surface area contributed by atoms with Gasteiger partial charge in [0, 0.05) is 6.54 Å². The van der Waals surface area contributed by atoms with Gasteiger partial charge in [0.25, 0.3) is 0 Å². The van der Waals surface area contributed by atoms with Gasteiger partial charge in [0.15, 0.2) is 11.6 Å². The maximum absolute atomic E-state index is 13.6. The van der Waals surface area contributed by atoms with Crippen molar-refractivity contribution in [1.29, 1.82) is 0 Å². The van der Waals surface area contributed by atoms with Crippen molar-refractivity contribution < 1.29 is 22.3 Å². The van der Waals surface area contributed by atoms with Gasteiger partial charge in [-0.3, -0.25) is 0 Å². The molecule has 1 rings (SSSR count). The molecule has 0 heterocycles. The smallest absolute Gasteiger partial charge is 0.243 e. The number of benzene rings is 1. The zero-order valence-electron chi connectivity index (χ0n) is 12.1. The average molecular weight is 322 g/mol. The molecule has 21 heavy (non-hydrogen) atoms. The number of halogens is 2. The summed E-state index contributed by atoms with van der Waals surface area (Å²) >= 11 is 0. The third kappa shape index (κ3) is 5.31. The van der Waals surface area contributed by atoms with Crippen LogP contribution in [0.5, 0.6) is 0 Å². The predicted octanol–water partition coefficient (Wildman–Crippen LogP) is 1.08. The maximum atomic E-state index is 13.6. The molecule has 0 amide bonds. The Kier molecular flexibility index (Phi) is 6.66. The van der Waals surface area contributed by atoms with Gasteiger partial charge in [0.1, 0.15) is 4.90 Å². The standard InChI is InChI=1S/C13H20F2N2O3S/c1-17(2)6-4-3-5-16-21(19,20)12-8-10(9-18)7-11(14)13(12)15/h7-8,16,18H,3-6,9H2,1-2H3. The number of sulfonamides is 1. The Morgan fingerprint density at radius 1 is 1.24 bits per heavy atom. The van der Waals surface area contributed by atoms with Crippen LogP contribution >= 0.6 is 0 Å². The van der Waals surface area contributed by atoms with E-state index >= 15 is 0 Å². The Balaban J connectivity index is 2.76. The predicted molar refractivity (Wildman–Crippen MR) is 75.3 cm³/mol. The van der Waals surface area contributed by atoms with E-state index in [-0.39, 0.29) is 12.1 Å². The Hall–Kier alpha value is -1.09. The molecule has 0 atom stereocenters. The number of nitrogens with one attached hydrogen (secondary N) is 1. The van der Waals surface area contributed by atoms with E-state index < -0.39 is 33.2 Å². The third-order valence-electron chi connectivity index (χ3n) is 2.85. The molecule has 0 spiro atoms. The molecule has 1 aromatic rings. The van der Waals surface area contributed by atoms with Gasteiger partial charge >= 0.3 is 0 Å². The second-order valence-electron chi connectivity index (χ2n) is 4.96. The topological polar surface area (TPSA) is 69.6 Å². The molecule has 0 aliphatic rings. The monoisotopic (exact) mass is 322 g/mol. The van der Waals surface area contributed by atoms with Crippen molar-refractivity contribution in [3.8, 4) is 0 Å². The lowest BCUT2D eigenvalue weighted by Gasteiger charge is -2.11. The Morgan fingerprint density at radius 3 is 2.48 bits per heavy atom. The van der Waals surface area contributed by atoms with Crippen molar-refractivity contribution in [2.45, 2.75) is 24.3 Å². The largest absolute Gasteiger partial charge is 0.392 e. The van der Waals surface area contributed by atoms with E-state index in [2.05, 4.69) is 4.72 Å². The second kappa shape index (κ2) is 7.79. The molecule has 120 valence electrons. The van der Waals surface area contributed by atoms with Gasteiger partial charge in [-0.1, -0.05) is 0 Å². The molecule has 2 N–H and O–H groups in total. The number of hydrogen-bond acceptors (Lipinski definition) is 4. The first-order valence-electron chi connectivity index (χ1n) is 6.51. The molecule has 0 bridgehead atoms. The Morgan fingerprint density at radius 2 is 1.90 bits per heavy atom. The lowest BCUT2D eigenvalue weighted by molar-refractivity contribution is 0.280. The van der Waals surface area contributed by atoms with Crippen molar-refractivity contribution in [3.63, 3.8) is 0 Å². The van der Waals surface area contributed by atoms with Gasteiger partial charge in [-0.25, -0.2) is 21.9 Å². The summed E-state index contributed by atoms with van der Waals surface area (Å²) in [4.78, 5) is 1.19. The van der Waals surface area contributed by atoms with Crippen LogP contribution < -0.4 is 4.72 Å². The number of rotatable bonds is 8. The summed E-state index contributed by atoms with van der Waals surface area (Å²) in [6, 6.07) is 1.70. The summed E-state index contributed by atoms with van der Waals surface area (Å²) < 4.78 is 53.1. The van der Waals surface area contributed by atoms with Crippen LogP contribution in [-0.2, 0) is 16.6 Å². The van der Waals surface area contributed by atoms with E-state index in [1.807, 2.05) is 19.0 Å². The van der Waals surface area contributed by atoms with E-state index in [9.17, 15) is 17.2 Å². The number of nitrogens with zero attached hydrogens (tertiary/aromatic N) is 1. The SMILES string of the molecule is CN(C)CCCCNS(=O)(=O)c1cc(CO)cc(F)c1F. The molecule has 5 nitrogen and oxygen atoms in total. The highest BCUT2D eigenvalue weighted by atomic mass is 32.2. The number of hydrogen-bond donors (Lipinski definition) is 2. The van der Waals surface area contributed by atoms with Crippen molar-refractivity contribution in [2.75, 3.05) is 27.2 Å². The number of aliphatic hydroxyl groups is 1. The van der Waals surface area contributed by atoms with E-state index in [1.165, 1.54) is 0 Å². The molecular weight excluding hydrogens is 302 g/mol. The summed E-state index contributed by atoms with van der Waals surface area (Å²) in [6.07, 6.45) is 1.37. The first-order valence-corrected chi connectivity index (χ1v) is 7.99. The second-order valence-corrected chi connectivity index (χ2v) is 6.69. The van der Waals surface area contributed by atoms with Crippen LogP contribution in [0, 0.1) is 11.6 Å². The molecule has 0 saturated carbocycles. The summed E-state index contributed by atoms with van der Waals surface area (Å²) in [7, 11) is -0.326.